The summed E-state index contributed by atoms with van der Waals surface area (Å²) >= 11 is 0. The van der Waals surface area contributed by atoms with E-state index in [-0.39, 0.29) is 17.3 Å². The molecule has 2 heterocycles. The van der Waals surface area contributed by atoms with Gasteiger partial charge in [0.1, 0.15) is 0 Å². The molecule has 16 heavy (non-hydrogen) atoms. The molecule has 2 atom stereocenters. The van der Waals surface area contributed by atoms with Gasteiger partial charge >= 0.3 is 0 Å². The summed E-state index contributed by atoms with van der Waals surface area (Å²) in [5, 5.41) is 9.76. The van der Waals surface area contributed by atoms with Crippen molar-refractivity contribution < 1.29 is 9.84 Å². The molecule has 2 aliphatic rings. The number of β-amino-alcohol motifs (C(OH)–C–C–N with tert-alkyl or cyclic N) is 1. The van der Waals surface area contributed by atoms with Crippen molar-refractivity contribution in [2.45, 2.75) is 70.3 Å². The molecule has 1 unspecified atom stereocenters. The molecule has 2 rings (SSSR count). The predicted octanol–water partition coefficient (Wildman–Crippen LogP) is 1.79. The number of likely N-dealkylation sites (tertiary alicyclic amines) is 1. The number of hydrogen-bond donors (Lipinski definition) is 1. The van der Waals surface area contributed by atoms with E-state index in [1.54, 1.807) is 0 Å². The van der Waals surface area contributed by atoms with Crippen molar-refractivity contribution in [3.8, 4) is 0 Å². The highest BCUT2D eigenvalue weighted by Crippen LogP contribution is 2.40. The van der Waals surface area contributed by atoms with Crippen molar-refractivity contribution in [3.63, 3.8) is 0 Å². The van der Waals surface area contributed by atoms with E-state index in [0.29, 0.717) is 6.04 Å². The molecule has 0 amide bonds. The fraction of sp³-hybridized carbons (Fsp3) is 1.00. The van der Waals surface area contributed by atoms with Crippen molar-refractivity contribution >= 4 is 0 Å². The number of aliphatic hydroxyl groups is 1. The first-order valence-electron chi connectivity index (χ1n) is 6.42. The summed E-state index contributed by atoms with van der Waals surface area (Å²) in [7, 11) is 0. The van der Waals surface area contributed by atoms with E-state index in [9.17, 15) is 5.11 Å². The van der Waals surface area contributed by atoms with Gasteiger partial charge in [-0.25, -0.2) is 0 Å². The minimum atomic E-state index is -0.145. The number of ether oxygens (including phenoxy) is 1. The smallest absolute Gasteiger partial charge is 0.0789 e. The van der Waals surface area contributed by atoms with E-state index in [1.165, 1.54) is 0 Å². The number of piperidine rings is 1. The minimum Gasteiger partial charge on any atom is -0.392 e. The third-order valence-electron chi connectivity index (χ3n) is 3.90. The third kappa shape index (κ3) is 2.41. The van der Waals surface area contributed by atoms with E-state index in [0.717, 1.165) is 32.4 Å². The lowest BCUT2D eigenvalue weighted by Crippen LogP contribution is -2.51. The van der Waals surface area contributed by atoms with Crippen molar-refractivity contribution in [1.29, 1.82) is 0 Å². The van der Waals surface area contributed by atoms with E-state index < -0.39 is 0 Å². The Balaban J connectivity index is 2.08. The summed E-state index contributed by atoms with van der Waals surface area (Å²) in [6, 6.07) is 0.442. The highest BCUT2D eigenvalue weighted by molar-refractivity contribution is 5.00. The fourth-order valence-corrected chi connectivity index (χ4v) is 3.37. The van der Waals surface area contributed by atoms with Gasteiger partial charge in [-0.2, -0.15) is 0 Å². The summed E-state index contributed by atoms with van der Waals surface area (Å²) in [6.45, 7) is 10.6. The summed E-state index contributed by atoms with van der Waals surface area (Å²) in [4.78, 5) is 2.42. The van der Waals surface area contributed by atoms with Crippen molar-refractivity contribution in [1.82, 2.24) is 4.90 Å². The second kappa shape index (κ2) is 3.97. The van der Waals surface area contributed by atoms with Gasteiger partial charge in [0.25, 0.3) is 0 Å². The molecule has 0 aromatic rings. The van der Waals surface area contributed by atoms with Crippen LogP contribution in [0, 0.1) is 0 Å². The monoisotopic (exact) mass is 227 g/mol. The Morgan fingerprint density at radius 2 is 1.94 bits per heavy atom. The number of rotatable bonds is 1. The quantitative estimate of drug-likeness (QED) is 0.741. The standard InChI is InChI=1S/C13H25NO2/c1-12(2)8-11(13(3,4)16-12)14-7-5-6-10(15)9-14/h10-11,15H,5-9H2,1-4H3/t10-,11?/m0/s1. The molecule has 94 valence electrons. The Bertz CT molecular complexity index is 263. The molecule has 0 radical (unpaired) electrons. The Labute approximate surface area is 98.8 Å². The molecule has 1 N–H and O–H groups in total. The van der Waals surface area contributed by atoms with Gasteiger partial charge in [-0.1, -0.05) is 0 Å². The molecule has 2 saturated heterocycles. The number of nitrogens with zero attached hydrogens (tertiary/aromatic N) is 1. The van der Waals surface area contributed by atoms with Gasteiger partial charge in [0.15, 0.2) is 0 Å². The van der Waals surface area contributed by atoms with Crippen LogP contribution in [-0.2, 0) is 4.74 Å². The molecule has 2 fully saturated rings. The average molecular weight is 227 g/mol. The first-order valence-corrected chi connectivity index (χ1v) is 6.42. The molecule has 0 aromatic heterocycles. The van der Waals surface area contributed by atoms with Gasteiger partial charge in [0, 0.05) is 12.6 Å². The van der Waals surface area contributed by atoms with Crippen LogP contribution in [-0.4, -0.2) is 46.4 Å². The van der Waals surface area contributed by atoms with Crippen LogP contribution in [0.25, 0.3) is 0 Å². The Kier molecular flexibility index (Phi) is 3.06. The highest BCUT2D eigenvalue weighted by Gasteiger charge is 2.48. The van der Waals surface area contributed by atoms with Crippen LogP contribution in [0.15, 0.2) is 0 Å². The second-order valence-electron chi connectivity index (χ2n) is 6.48. The maximum Gasteiger partial charge on any atom is 0.0789 e. The predicted molar refractivity (Wildman–Crippen MR) is 64.5 cm³/mol. The van der Waals surface area contributed by atoms with Crippen LogP contribution in [0.1, 0.15) is 47.0 Å². The van der Waals surface area contributed by atoms with Gasteiger partial charge in [-0.3, -0.25) is 4.90 Å². The van der Waals surface area contributed by atoms with Crippen molar-refractivity contribution in [2.75, 3.05) is 13.1 Å². The van der Waals surface area contributed by atoms with Crippen LogP contribution in [0.2, 0.25) is 0 Å². The van der Waals surface area contributed by atoms with Gasteiger partial charge in [0.2, 0.25) is 0 Å². The molecule has 0 aromatic carbocycles. The van der Waals surface area contributed by atoms with Gasteiger partial charge in [0.05, 0.1) is 17.3 Å². The van der Waals surface area contributed by atoms with Crippen LogP contribution >= 0.6 is 0 Å². The Morgan fingerprint density at radius 1 is 1.25 bits per heavy atom. The summed E-state index contributed by atoms with van der Waals surface area (Å²) in [5.74, 6) is 0. The van der Waals surface area contributed by atoms with Crippen molar-refractivity contribution in [2.24, 2.45) is 0 Å². The molecule has 2 aliphatic heterocycles. The van der Waals surface area contributed by atoms with E-state index in [2.05, 4.69) is 32.6 Å². The molecule has 3 nitrogen and oxygen atoms in total. The minimum absolute atomic E-state index is 0.0312. The normalized spacial score (nSPS) is 38.8. The maximum atomic E-state index is 9.76. The van der Waals surface area contributed by atoms with E-state index >= 15 is 0 Å². The summed E-state index contributed by atoms with van der Waals surface area (Å²) in [6.07, 6.45) is 2.97. The zero-order chi connectivity index (χ0) is 12.0. The summed E-state index contributed by atoms with van der Waals surface area (Å²) in [5.41, 5.74) is -0.128. The van der Waals surface area contributed by atoms with Crippen LogP contribution in [0.4, 0.5) is 0 Å². The third-order valence-corrected chi connectivity index (χ3v) is 3.90. The highest BCUT2D eigenvalue weighted by atomic mass is 16.5. The molecular weight excluding hydrogens is 202 g/mol. The lowest BCUT2D eigenvalue weighted by atomic mass is 9.91. The van der Waals surface area contributed by atoms with Crippen molar-refractivity contribution in [3.05, 3.63) is 0 Å². The molecule has 0 spiro atoms. The van der Waals surface area contributed by atoms with Gasteiger partial charge in [-0.05, 0) is 53.5 Å². The average Bonchev–Trinajstić information content (AvgIpc) is 2.34. The Morgan fingerprint density at radius 3 is 2.44 bits per heavy atom. The Hall–Kier alpha value is -0.120. The second-order valence-corrected chi connectivity index (χ2v) is 6.48. The zero-order valence-corrected chi connectivity index (χ0v) is 11.0. The van der Waals surface area contributed by atoms with E-state index in [1.807, 2.05) is 0 Å². The molecular formula is C13H25NO2. The molecule has 0 aliphatic carbocycles. The topological polar surface area (TPSA) is 32.7 Å². The van der Waals surface area contributed by atoms with Gasteiger partial charge in [-0.15, -0.1) is 0 Å². The van der Waals surface area contributed by atoms with E-state index in [4.69, 9.17) is 4.74 Å². The number of hydrogen-bond acceptors (Lipinski definition) is 3. The number of aliphatic hydroxyl groups excluding tert-OH is 1. The SMILES string of the molecule is CC1(C)CC(N2CCC[C@H](O)C2)C(C)(C)O1. The molecule has 0 bridgehead atoms. The zero-order valence-electron chi connectivity index (χ0n) is 11.0. The first-order chi connectivity index (χ1) is 7.30. The van der Waals surface area contributed by atoms with Crippen LogP contribution in [0.3, 0.4) is 0 Å². The van der Waals surface area contributed by atoms with Gasteiger partial charge < -0.3 is 9.84 Å². The van der Waals surface area contributed by atoms with Crippen LogP contribution < -0.4 is 0 Å². The fourth-order valence-electron chi connectivity index (χ4n) is 3.37. The molecule has 3 heteroatoms. The maximum absolute atomic E-state index is 9.76. The first kappa shape index (κ1) is 12.3. The summed E-state index contributed by atoms with van der Waals surface area (Å²) < 4.78 is 6.11. The molecule has 0 saturated carbocycles. The lowest BCUT2D eigenvalue weighted by molar-refractivity contribution is -0.0858. The largest absolute Gasteiger partial charge is 0.392 e. The van der Waals surface area contributed by atoms with Crippen LogP contribution in [0.5, 0.6) is 0 Å². The lowest BCUT2D eigenvalue weighted by Gasteiger charge is -2.39.